The number of amides is 1. The lowest BCUT2D eigenvalue weighted by molar-refractivity contribution is -0.143. The molecule has 2 N–H and O–H groups in total. The average Bonchev–Trinajstić information content (AvgIpc) is 2.59. The zero-order valence-corrected chi connectivity index (χ0v) is 13.0. The van der Waals surface area contributed by atoms with Gasteiger partial charge < -0.3 is 15.2 Å². The number of nitrogens with zero attached hydrogens (tertiary/aromatic N) is 1. The molecular weight excluding hydrogens is 299 g/mol. The van der Waals surface area contributed by atoms with Crippen molar-refractivity contribution in [2.75, 3.05) is 7.11 Å². The van der Waals surface area contributed by atoms with E-state index in [4.69, 9.17) is 9.84 Å². The molecular formula is C17H19FN2O3. The summed E-state index contributed by atoms with van der Waals surface area (Å²) < 4.78 is 19.3. The Morgan fingerprint density at radius 3 is 2.61 bits per heavy atom. The number of nitrogens with one attached hydrogen (secondary N) is 1. The predicted molar refractivity (Wildman–Crippen MR) is 82.8 cm³/mol. The maximum Gasteiger partial charge on any atom is 0.257 e. The SMILES string of the molecule is COC(C)(C(=O)NCc1cccc(CO)n1)c1ccccc1F. The first-order valence-corrected chi connectivity index (χ1v) is 7.15. The van der Waals surface area contributed by atoms with E-state index in [0.717, 1.165) is 0 Å². The first-order valence-electron chi connectivity index (χ1n) is 7.15. The Hall–Kier alpha value is -2.31. The Labute approximate surface area is 134 Å². The van der Waals surface area contributed by atoms with E-state index in [1.54, 1.807) is 30.3 Å². The molecule has 0 aliphatic heterocycles. The van der Waals surface area contributed by atoms with Gasteiger partial charge in [0.05, 0.1) is 24.5 Å². The zero-order valence-electron chi connectivity index (χ0n) is 13.0. The molecule has 2 aromatic rings. The summed E-state index contributed by atoms with van der Waals surface area (Å²) in [6.07, 6.45) is 0. The van der Waals surface area contributed by atoms with Crippen molar-refractivity contribution in [3.63, 3.8) is 0 Å². The number of carbonyl (C=O) groups is 1. The molecule has 122 valence electrons. The van der Waals surface area contributed by atoms with Crippen molar-refractivity contribution in [3.05, 3.63) is 65.2 Å². The number of hydrogen-bond donors (Lipinski definition) is 2. The number of rotatable bonds is 6. The highest BCUT2D eigenvalue weighted by molar-refractivity contribution is 5.86. The normalized spacial score (nSPS) is 13.4. The van der Waals surface area contributed by atoms with Gasteiger partial charge in [-0.25, -0.2) is 4.39 Å². The smallest absolute Gasteiger partial charge is 0.257 e. The number of benzene rings is 1. The van der Waals surface area contributed by atoms with Crippen LogP contribution in [-0.4, -0.2) is 23.1 Å². The third-order valence-electron chi connectivity index (χ3n) is 3.69. The molecule has 0 bridgehead atoms. The van der Waals surface area contributed by atoms with Crippen LogP contribution in [0.5, 0.6) is 0 Å². The van der Waals surface area contributed by atoms with Gasteiger partial charge in [-0.1, -0.05) is 24.3 Å². The fraction of sp³-hybridized carbons (Fsp3) is 0.294. The molecule has 0 aliphatic carbocycles. The largest absolute Gasteiger partial charge is 0.390 e. The van der Waals surface area contributed by atoms with Crippen LogP contribution >= 0.6 is 0 Å². The number of pyridine rings is 1. The van der Waals surface area contributed by atoms with E-state index < -0.39 is 17.3 Å². The van der Waals surface area contributed by atoms with Gasteiger partial charge in [0.25, 0.3) is 5.91 Å². The number of aliphatic hydroxyl groups is 1. The number of aromatic nitrogens is 1. The van der Waals surface area contributed by atoms with Gasteiger partial charge in [-0.2, -0.15) is 0 Å². The van der Waals surface area contributed by atoms with Crippen LogP contribution in [0.2, 0.25) is 0 Å². The molecule has 1 aromatic carbocycles. The molecule has 0 radical (unpaired) electrons. The summed E-state index contributed by atoms with van der Waals surface area (Å²) in [4.78, 5) is 16.7. The number of methoxy groups -OCH3 is 1. The second-order valence-corrected chi connectivity index (χ2v) is 5.18. The van der Waals surface area contributed by atoms with Crippen molar-refractivity contribution in [3.8, 4) is 0 Å². The molecule has 2 rings (SSSR count). The first-order chi connectivity index (χ1) is 11.0. The Morgan fingerprint density at radius 2 is 1.96 bits per heavy atom. The number of aliphatic hydroxyl groups excluding tert-OH is 1. The minimum absolute atomic E-state index is 0.153. The van der Waals surface area contributed by atoms with E-state index in [-0.39, 0.29) is 18.7 Å². The average molecular weight is 318 g/mol. The van der Waals surface area contributed by atoms with Gasteiger partial charge in [-0.15, -0.1) is 0 Å². The second kappa shape index (κ2) is 7.30. The standard InChI is InChI=1S/C17H19FN2O3/c1-17(23-2,14-8-3-4-9-15(14)18)16(22)19-10-12-6-5-7-13(11-21)20-12/h3-9,21H,10-11H2,1-2H3,(H,19,22). The monoisotopic (exact) mass is 318 g/mol. The van der Waals surface area contributed by atoms with Gasteiger partial charge in [-0.3, -0.25) is 9.78 Å². The van der Waals surface area contributed by atoms with Gasteiger partial charge in [-0.05, 0) is 25.1 Å². The van der Waals surface area contributed by atoms with E-state index in [9.17, 15) is 9.18 Å². The molecule has 5 nitrogen and oxygen atoms in total. The topological polar surface area (TPSA) is 71.5 Å². The summed E-state index contributed by atoms with van der Waals surface area (Å²) in [6, 6.07) is 11.2. The summed E-state index contributed by atoms with van der Waals surface area (Å²) in [7, 11) is 1.36. The van der Waals surface area contributed by atoms with Crippen LogP contribution in [0.25, 0.3) is 0 Å². The molecule has 1 heterocycles. The van der Waals surface area contributed by atoms with Gasteiger partial charge in [0, 0.05) is 12.7 Å². The molecule has 0 aliphatic rings. The molecule has 0 spiro atoms. The van der Waals surface area contributed by atoms with Crippen LogP contribution in [0.4, 0.5) is 4.39 Å². The van der Waals surface area contributed by atoms with Crippen LogP contribution < -0.4 is 5.32 Å². The molecule has 0 fully saturated rings. The third-order valence-corrected chi connectivity index (χ3v) is 3.69. The molecule has 6 heteroatoms. The summed E-state index contributed by atoms with van der Waals surface area (Å²) in [5.74, 6) is -0.978. The lowest BCUT2D eigenvalue weighted by Crippen LogP contribution is -2.44. The molecule has 0 saturated carbocycles. The lowest BCUT2D eigenvalue weighted by atomic mass is 9.94. The summed E-state index contributed by atoms with van der Waals surface area (Å²) in [5.41, 5.74) is -0.172. The van der Waals surface area contributed by atoms with Crippen molar-refractivity contribution in [2.24, 2.45) is 0 Å². The summed E-state index contributed by atoms with van der Waals surface area (Å²) in [6.45, 7) is 1.49. The van der Waals surface area contributed by atoms with E-state index in [0.29, 0.717) is 11.4 Å². The maximum atomic E-state index is 14.0. The van der Waals surface area contributed by atoms with Gasteiger partial charge in [0.2, 0.25) is 0 Å². The molecule has 1 unspecified atom stereocenters. The highest BCUT2D eigenvalue weighted by Crippen LogP contribution is 2.27. The molecule has 1 aromatic heterocycles. The van der Waals surface area contributed by atoms with Crippen molar-refractivity contribution < 1.29 is 19.0 Å². The van der Waals surface area contributed by atoms with E-state index in [1.807, 2.05) is 0 Å². The van der Waals surface area contributed by atoms with Crippen LogP contribution in [0.3, 0.4) is 0 Å². The Balaban J connectivity index is 2.15. The molecule has 23 heavy (non-hydrogen) atoms. The van der Waals surface area contributed by atoms with Crippen LogP contribution in [0.15, 0.2) is 42.5 Å². The zero-order chi connectivity index (χ0) is 16.9. The number of hydrogen-bond acceptors (Lipinski definition) is 4. The minimum Gasteiger partial charge on any atom is -0.390 e. The second-order valence-electron chi connectivity index (χ2n) is 5.18. The molecule has 1 atom stereocenters. The van der Waals surface area contributed by atoms with Crippen molar-refractivity contribution in [1.82, 2.24) is 10.3 Å². The highest BCUT2D eigenvalue weighted by Gasteiger charge is 2.37. The number of ether oxygens (including phenoxy) is 1. The summed E-state index contributed by atoms with van der Waals surface area (Å²) >= 11 is 0. The number of halogens is 1. The fourth-order valence-electron chi connectivity index (χ4n) is 2.23. The van der Waals surface area contributed by atoms with Crippen LogP contribution in [-0.2, 0) is 28.3 Å². The van der Waals surface area contributed by atoms with Gasteiger partial charge in [0.1, 0.15) is 5.82 Å². The first kappa shape index (κ1) is 17.1. The van der Waals surface area contributed by atoms with Crippen molar-refractivity contribution >= 4 is 5.91 Å². The highest BCUT2D eigenvalue weighted by atomic mass is 19.1. The third kappa shape index (κ3) is 3.72. The van der Waals surface area contributed by atoms with Gasteiger partial charge in [0.15, 0.2) is 5.60 Å². The van der Waals surface area contributed by atoms with Crippen LogP contribution in [0, 0.1) is 5.82 Å². The number of carbonyl (C=O) groups excluding carboxylic acids is 1. The minimum atomic E-state index is -1.44. The lowest BCUT2D eigenvalue weighted by Gasteiger charge is -2.27. The molecule has 1 amide bonds. The van der Waals surface area contributed by atoms with Gasteiger partial charge >= 0.3 is 0 Å². The summed E-state index contributed by atoms with van der Waals surface area (Å²) in [5, 5.41) is 11.8. The maximum absolute atomic E-state index is 14.0. The fourth-order valence-corrected chi connectivity index (χ4v) is 2.23. The quantitative estimate of drug-likeness (QED) is 0.853. The Kier molecular flexibility index (Phi) is 5.41. The van der Waals surface area contributed by atoms with Crippen molar-refractivity contribution in [1.29, 1.82) is 0 Å². The molecule has 0 saturated heterocycles. The van der Waals surface area contributed by atoms with E-state index in [1.165, 1.54) is 26.2 Å². The van der Waals surface area contributed by atoms with E-state index in [2.05, 4.69) is 10.3 Å². The van der Waals surface area contributed by atoms with Crippen molar-refractivity contribution in [2.45, 2.75) is 25.7 Å². The van der Waals surface area contributed by atoms with E-state index >= 15 is 0 Å². The Morgan fingerprint density at radius 1 is 1.26 bits per heavy atom. The Bertz CT molecular complexity index is 693. The predicted octanol–water partition coefficient (Wildman–Crippen LogP) is 1.89. The van der Waals surface area contributed by atoms with Crippen LogP contribution in [0.1, 0.15) is 23.9 Å².